The third-order valence-electron chi connectivity index (χ3n) is 1.57. The molecule has 0 amide bonds. The van der Waals surface area contributed by atoms with Gasteiger partial charge in [-0.3, -0.25) is 4.79 Å². The maximum Gasteiger partial charge on any atom is 0.198 e. The standard InChI is InChI=1S/C9H3ClF4O/c10-5(1-2-15)4-3-6(11)8(13)9(14)7(4)12/h1-3H. The zero-order valence-electron chi connectivity index (χ0n) is 7.03. The normalized spacial score (nSPS) is 11.7. The van der Waals surface area contributed by atoms with Crippen molar-refractivity contribution >= 4 is 22.9 Å². The maximum atomic E-state index is 13.0. The molecule has 0 spiro atoms. The van der Waals surface area contributed by atoms with E-state index in [2.05, 4.69) is 0 Å². The van der Waals surface area contributed by atoms with Crippen LogP contribution in [0.2, 0.25) is 0 Å². The third kappa shape index (κ3) is 2.18. The predicted octanol–water partition coefficient (Wildman–Crippen LogP) is 3.02. The van der Waals surface area contributed by atoms with Crippen LogP contribution in [0.4, 0.5) is 17.6 Å². The second-order valence-electron chi connectivity index (χ2n) is 2.50. The quantitative estimate of drug-likeness (QED) is 0.254. The Kier molecular flexibility index (Phi) is 3.47. The van der Waals surface area contributed by atoms with Gasteiger partial charge < -0.3 is 0 Å². The molecule has 80 valence electrons. The molecule has 0 saturated carbocycles. The summed E-state index contributed by atoms with van der Waals surface area (Å²) in [7, 11) is 0. The van der Waals surface area contributed by atoms with Gasteiger partial charge in [-0.15, -0.1) is 0 Å². The van der Waals surface area contributed by atoms with Gasteiger partial charge in [0.05, 0.1) is 5.03 Å². The number of allylic oxidation sites excluding steroid dienone is 1. The topological polar surface area (TPSA) is 17.1 Å². The van der Waals surface area contributed by atoms with E-state index in [0.29, 0.717) is 12.1 Å². The number of rotatable bonds is 2. The number of halogens is 5. The van der Waals surface area contributed by atoms with Crippen LogP contribution >= 0.6 is 11.6 Å². The number of carbonyl (C=O) groups excluding carboxylic acids is 1. The number of hydrogen-bond acceptors (Lipinski definition) is 1. The maximum absolute atomic E-state index is 13.0. The molecule has 1 nitrogen and oxygen atoms in total. The van der Waals surface area contributed by atoms with E-state index in [1.165, 1.54) is 0 Å². The molecule has 1 aromatic rings. The van der Waals surface area contributed by atoms with Crippen molar-refractivity contribution in [2.24, 2.45) is 0 Å². The van der Waals surface area contributed by atoms with Gasteiger partial charge in [0, 0.05) is 5.56 Å². The highest BCUT2D eigenvalue weighted by Crippen LogP contribution is 2.26. The number of carbonyl (C=O) groups is 1. The molecule has 0 aromatic heterocycles. The molecule has 1 aromatic carbocycles. The van der Waals surface area contributed by atoms with Crippen molar-refractivity contribution in [3.05, 3.63) is 41.0 Å². The lowest BCUT2D eigenvalue weighted by molar-refractivity contribution is -0.104. The molecule has 15 heavy (non-hydrogen) atoms. The Bertz CT molecular complexity index is 442. The fourth-order valence-electron chi connectivity index (χ4n) is 0.896. The van der Waals surface area contributed by atoms with Crippen LogP contribution in [0.5, 0.6) is 0 Å². The summed E-state index contributed by atoms with van der Waals surface area (Å²) in [5.41, 5.74) is -0.708. The monoisotopic (exact) mass is 238 g/mol. The summed E-state index contributed by atoms with van der Waals surface area (Å²) in [6, 6.07) is 0.371. The highest BCUT2D eigenvalue weighted by Gasteiger charge is 2.19. The summed E-state index contributed by atoms with van der Waals surface area (Å²) < 4.78 is 50.8. The lowest BCUT2D eigenvalue weighted by Gasteiger charge is -2.03. The molecule has 0 aliphatic heterocycles. The molecule has 0 radical (unpaired) electrons. The second-order valence-corrected chi connectivity index (χ2v) is 2.91. The molecule has 0 bridgehead atoms. The molecule has 6 heteroatoms. The summed E-state index contributed by atoms with van der Waals surface area (Å²) in [6.07, 6.45) is 0.900. The summed E-state index contributed by atoms with van der Waals surface area (Å²) in [4.78, 5) is 9.99. The van der Waals surface area contributed by atoms with Crippen LogP contribution in [0, 0.1) is 23.3 Å². The van der Waals surface area contributed by atoms with Crippen LogP contribution in [0.3, 0.4) is 0 Å². The molecule has 0 unspecified atom stereocenters. The van der Waals surface area contributed by atoms with E-state index in [9.17, 15) is 22.4 Å². The van der Waals surface area contributed by atoms with E-state index in [0.717, 1.165) is 0 Å². The van der Waals surface area contributed by atoms with Crippen molar-refractivity contribution in [3.63, 3.8) is 0 Å². The van der Waals surface area contributed by atoms with Crippen LogP contribution < -0.4 is 0 Å². The average molecular weight is 239 g/mol. The zero-order chi connectivity index (χ0) is 11.6. The fraction of sp³-hybridized carbons (Fsp3) is 0. The van der Waals surface area contributed by atoms with Crippen LogP contribution in [0.1, 0.15) is 5.56 Å². The van der Waals surface area contributed by atoms with Gasteiger partial charge in [0.2, 0.25) is 0 Å². The van der Waals surface area contributed by atoms with Gasteiger partial charge >= 0.3 is 0 Å². The minimum absolute atomic E-state index is 0.209. The molecule has 0 N–H and O–H groups in total. The molecule has 1 rings (SSSR count). The summed E-state index contributed by atoms with van der Waals surface area (Å²) >= 11 is 5.34. The second kappa shape index (κ2) is 4.44. The highest BCUT2D eigenvalue weighted by molar-refractivity contribution is 6.49. The van der Waals surface area contributed by atoms with Crippen molar-refractivity contribution < 1.29 is 22.4 Å². The molecule has 0 saturated heterocycles. The van der Waals surface area contributed by atoms with Crippen LogP contribution in [-0.2, 0) is 4.79 Å². The zero-order valence-corrected chi connectivity index (χ0v) is 7.79. The third-order valence-corrected chi connectivity index (χ3v) is 1.90. The van der Waals surface area contributed by atoms with Crippen molar-refractivity contribution in [2.45, 2.75) is 0 Å². The van der Waals surface area contributed by atoms with Gasteiger partial charge in [0.1, 0.15) is 6.29 Å². The van der Waals surface area contributed by atoms with Crippen LogP contribution in [-0.4, -0.2) is 6.29 Å². The lowest BCUT2D eigenvalue weighted by atomic mass is 10.1. The van der Waals surface area contributed by atoms with E-state index in [1.807, 2.05) is 0 Å². The lowest BCUT2D eigenvalue weighted by Crippen LogP contribution is -1.99. The summed E-state index contributed by atoms with van der Waals surface area (Å²) in [6.45, 7) is 0. The Morgan fingerprint density at radius 3 is 2.27 bits per heavy atom. The summed E-state index contributed by atoms with van der Waals surface area (Å²) in [5, 5.41) is -0.514. The first-order valence-electron chi connectivity index (χ1n) is 3.63. The Balaban J connectivity index is 3.45. The Morgan fingerprint density at radius 2 is 1.73 bits per heavy atom. The summed E-state index contributed by atoms with van der Waals surface area (Å²) in [5.74, 6) is -7.12. The van der Waals surface area contributed by atoms with Crippen molar-refractivity contribution in [2.75, 3.05) is 0 Å². The van der Waals surface area contributed by atoms with Crippen molar-refractivity contribution in [1.29, 1.82) is 0 Å². The molecule has 0 fully saturated rings. The van der Waals surface area contributed by atoms with Gasteiger partial charge in [0.25, 0.3) is 0 Å². The van der Waals surface area contributed by atoms with E-state index in [4.69, 9.17) is 11.6 Å². The Labute approximate surface area is 87.0 Å². The number of hydrogen-bond donors (Lipinski definition) is 0. The first kappa shape index (κ1) is 11.7. The number of benzene rings is 1. The molecule has 0 atom stereocenters. The largest absolute Gasteiger partial charge is 0.299 e. The van der Waals surface area contributed by atoms with E-state index in [1.54, 1.807) is 0 Å². The Hall–Kier alpha value is -1.36. The minimum Gasteiger partial charge on any atom is -0.299 e. The van der Waals surface area contributed by atoms with Crippen molar-refractivity contribution in [1.82, 2.24) is 0 Å². The van der Waals surface area contributed by atoms with Crippen LogP contribution in [0.25, 0.3) is 5.03 Å². The van der Waals surface area contributed by atoms with Gasteiger partial charge in [0.15, 0.2) is 23.3 Å². The van der Waals surface area contributed by atoms with Crippen molar-refractivity contribution in [3.8, 4) is 0 Å². The first-order chi connectivity index (χ1) is 6.99. The SMILES string of the molecule is O=CC=C(Cl)c1cc(F)c(F)c(F)c1F. The predicted molar refractivity (Wildman–Crippen MR) is 46.2 cm³/mol. The highest BCUT2D eigenvalue weighted by atomic mass is 35.5. The molecule has 0 aliphatic carbocycles. The molecular formula is C9H3ClF4O. The van der Waals surface area contributed by atoms with Gasteiger partial charge in [-0.05, 0) is 12.1 Å². The molecular weight excluding hydrogens is 236 g/mol. The molecule has 0 heterocycles. The smallest absolute Gasteiger partial charge is 0.198 e. The fourth-order valence-corrected chi connectivity index (χ4v) is 1.09. The number of aldehydes is 1. The van der Waals surface area contributed by atoms with Gasteiger partial charge in [-0.25, -0.2) is 17.6 Å². The molecule has 0 aliphatic rings. The Morgan fingerprint density at radius 1 is 1.13 bits per heavy atom. The minimum atomic E-state index is -1.97. The van der Waals surface area contributed by atoms with Crippen LogP contribution in [0.15, 0.2) is 12.1 Å². The van der Waals surface area contributed by atoms with Gasteiger partial charge in [-0.1, -0.05) is 11.6 Å². The van der Waals surface area contributed by atoms with E-state index < -0.39 is 33.9 Å². The average Bonchev–Trinajstić information content (AvgIpc) is 2.20. The van der Waals surface area contributed by atoms with Gasteiger partial charge in [-0.2, -0.15) is 0 Å². The first-order valence-corrected chi connectivity index (χ1v) is 4.01. The van der Waals surface area contributed by atoms with E-state index in [-0.39, 0.29) is 6.29 Å². The van der Waals surface area contributed by atoms with E-state index >= 15 is 0 Å².